The van der Waals surface area contributed by atoms with Crippen LogP contribution in [0.25, 0.3) is 11.1 Å². The van der Waals surface area contributed by atoms with Gasteiger partial charge in [-0.3, -0.25) is 4.79 Å². The number of carbonyl (C=O) groups excluding carboxylic acids is 3. The minimum Gasteiger partial charge on any atom is -0.497 e. The molecule has 0 amide bonds. The normalized spacial score (nSPS) is 14.9. The quantitative estimate of drug-likeness (QED) is 0.0619. The first-order chi connectivity index (χ1) is 24.0. The van der Waals surface area contributed by atoms with Crippen molar-refractivity contribution >= 4 is 18.5 Å². The molecule has 0 unspecified atom stereocenters. The summed E-state index contributed by atoms with van der Waals surface area (Å²) in [4.78, 5) is 33.2. The molecule has 0 spiro atoms. The summed E-state index contributed by atoms with van der Waals surface area (Å²) in [6.07, 6.45) is 13.3. The number of aldehydes is 2. The number of hydrogen-bond donors (Lipinski definition) is 1. The fourth-order valence-electron chi connectivity index (χ4n) is 5.49. The highest BCUT2D eigenvalue weighted by molar-refractivity contribution is 5.88. The lowest BCUT2D eigenvalue weighted by Gasteiger charge is -2.25. The smallest absolute Gasteiger partial charge is 0.330 e. The number of hydrogen-bond acceptors (Lipinski definition) is 8. The van der Waals surface area contributed by atoms with Crippen LogP contribution >= 0.6 is 0 Å². The molecule has 3 aromatic rings. The molecule has 49 heavy (non-hydrogen) atoms. The van der Waals surface area contributed by atoms with Gasteiger partial charge in [-0.1, -0.05) is 44.2 Å². The number of unbranched alkanes of at least 4 members (excludes halogenated alkanes) is 3. The second-order valence-corrected chi connectivity index (χ2v) is 11.9. The molecule has 1 fully saturated rings. The lowest BCUT2D eigenvalue weighted by atomic mass is 9.83. The van der Waals surface area contributed by atoms with E-state index in [2.05, 4.69) is 43.5 Å². The van der Waals surface area contributed by atoms with E-state index in [1.807, 2.05) is 42.5 Å². The van der Waals surface area contributed by atoms with Crippen LogP contribution in [0.5, 0.6) is 17.2 Å². The fourth-order valence-corrected chi connectivity index (χ4v) is 5.49. The molecule has 1 saturated carbocycles. The Hall–Kier alpha value is -4.43. The van der Waals surface area contributed by atoms with Gasteiger partial charge >= 0.3 is 5.97 Å². The second-order valence-electron chi connectivity index (χ2n) is 11.9. The molecule has 4 rings (SSSR count). The van der Waals surface area contributed by atoms with Gasteiger partial charge in [0.05, 0.1) is 26.9 Å². The van der Waals surface area contributed by atoms with Crippen LogP contribution in [0, 0.1) is 11.8 Å². The highest BCUT2D eigenvalue weighted by Gasteiger charge is 2.21. The van der Waals surface area contributed by atoms with E-state index in [-0.39, 0.29) is 11.9 Å². The van der Waals surface area contributed by atoms with Crippen molar-refractivity contribution in [2.45, 2.75) is 71.1 Å². The van der Waals surface area contributed by atoms with Gasteiger partial charge in [-0.15, -0.1) is 0 Å². The van der Waals surface area contributed by atoms with Crippen molar-refractivity contribution in [3.63, 3.8) is 0 Å². The van der Waals surface area contributed by atoms with Crippen molar-refractivity contribution in [2.75, 3.05) is 34.0 Å². The fraction of sp³-hybridized carbons (Fsp3) is 0.439. The first-order valence-electron chi connectivity index (χ1n) is 17.4. The van der Waals surface area contributed by atoms with Gasteiger partial charge in [0.2, 0.25) is 0 Å². The monoisotopic (exact) mass is 673 g/mol. The largest absolute Gasteiger partial charge is 0.497 e. The number of esters is 1. The van der Waals surface area contributed by atoms with E-state index in [9.17, 15) is 14.4 Å². The van der Waals surface area contributed by atoms with Crippen molar-refractivity contribution < 1.29 is 33.3 Å². The van der Waals surface area contributed by atoms with Crippen molar-refractivity contribution in [2.24, 2.45) is 17.6 Å². The van der Waals surface area contributed by atoms with Crippen LogP contribution in [0.4, 0.5) is 0 Å². The van der Waals surface area contributed by atoms with E-state index in [1.165, 1.54) is 18.7 Å². The highest BCUT2D eigenvalue weighted by atomic mass is 16.5. The lowest BCUT2D eigenvalue weighted by molar-refractivity contribution is -0.137. The molecule has 2 N–H and O–H groups in total. The SMILES string of the molecule is C=CC(=O)OCCCCCCOc1ccc(OC)cc1.CCCc1ccc(-c2ccc(OCC3CCC(C=O)CC3)cc2C=O)cc1.CN. The van der Waals surface area contributed by atoms with E-state index in [1.54, 1.807) is 7.11 Å². The maximum atomic E-state index is 11.6. The third-order valence-electron chi connectivity index (χ3n) is 8.30. The van der Waals surface area contributed by atoms with Gasteiger partial charge in [0.1, 0.15) is 23.5 Å². The molecule has 0 bridgehead atoms. The first-order valence-corrected chi connectivity index (χ1v) is 17.4. The highest BCUT2D eigenvalue weighted by Crippen LogP contribution is 2.30. The van der Waals surface area contributed by atoms with Crippen LogP contribution < -0.4 is 19.9 Å². The van der Waals surface area contributed by atoms with E-state index in [4.69, 9.17) is 18.9 Å². The zero-order valence-corrected chi connectivity index (χ0v) is 29.6. The molecule has 1 aliphatic rings. The minimum atomic E-state index is -0.354. The second kappa shape index (κ2) is 24.7. The number of aryl methyl sites for hydroxylation is 1. The summed E-state index contributed by atoms with van der Waals surface area (Å²) in [6, 6.07) is 21.7. The molecule has 8 heteroatoms. The zero-order valence-electron chi connectivity index (χ0n) is 29.6. The Morgan fingerprint density at radius 3 is 2.04 bits per heavy atom. The van der Waals surface area contributed by atoms with Gasteiger partial charge in [0.25, 0.3) is 0 Å². The molecular weight excluding hydrogens is 618 g/mol. The molecule has 3 aromatic carbocycles. The summed E-state index contributed by atoms with van der Waals surface area (Å²) in [5, 5.41) is 0. The Balaban J connectivity index is 0.000000338. The van der Waals surface area contributed by atoms with E-state index < -0.39 is 0 Å². The van der Waals surface area contributed by atoms with Gasteiger partial charge in [0.15, 0.2) is 6.29 Å². The third-order valence-corrected chi connectivity index (χ3v) is 8.30. The van der Waals surface area contributed by atoms with Crippen molar-refractivity contribution in [3.05, 3.63) is 90.5 Å². The lowest BCUT2D eigenvalue weighted by Crippen LogP contribution is -2.20. The molecule has 0 atom stereocenters. The zero-order chi connectivity index (χ0) is 35.7. The van der Waals surface area contributed by atoms with Crippen LogP contribution in [0.1, 0.15) is 80.6 Å². The van der Waals surface area contributed by atoms with Crippen LogP contribution in [-0.4, -0.2) is 52.5 Å². The van der Waals surface area contributed by atoms with Crippen molar-refractivity contribution in [1.29, 1.82) is 0 Å². The number of rotatable bonds is 18. The van der Waals surface area contributed by atoms with E-state index in [0.717, 1.165) is 105 Å². The first kappa shape index (κ1) is 40.7. The molecule has 266 valence electrons. The van der Waals surface area contributed by atoms with Crippen molar-refractivity contribution in [3.8, 4) is 28.4 Å². The summed E-state index contributed by atoms with van der Waals surface area (Å²) < 4.78 is 21.5. The van der Waals surface area contributed by atoms with Crippen LogP contribution in [0.3, 0.4) is 0 Å². The van der Waals surface area contributed by atoms with E-state index >= 15 is 0 Å². The van der Waals surface area contributed by atoms with Gasteiger partial charge in [0, 0.05) is 17.6 Å². The Morgan fingerprint density at radius 2 is 1.45 bits per heavy atom. The number of nitrogens with two attached hydrogens (primary N) is 1. The summed E-state index contributed by atoms with van der Waals surface area (Å²) in [6.45, 7) is 7.32. The Labute approximate surface area is 293 Å². The summed E-state index contributed by atoms with van der Waals surface area (Å²) >= 11 is 0. The summed E-state index contributed by atoms with van der Waals surface area (Å²) in [5.41, 5.74) is 8.46. The van der Waals surface area contributed by atoms with E-state index in [0.29, 0.717) is 31.3 Å². The van der Waals surface area contributed by atoms with Crippen LogP contribution in [0.2, 0.25) is 0 Å². The maximum Gasteiger partial charge on any atom is 0.330 e. The third kappa shape index (κ3) is 15.6. The van der Waals surface area contributed by atoms with Crippen molar-refractivity contribution in [1.82, 2.24) is 0 Å². The molecule has 0 heterocycles. The number of methoxy groups -OCH3 is 1. The summed E-state index contributed by atoms with van der Waals surface area (Å²) in [5.74, 6) is 2.78. The number of benzene rings is 3. The number of carbonyl (C=O) groups is 3. The molecule has 0 aromatic heterocycles. The molecule has 1 aliphatic carbocycles. The van der Waals surface area contributed by atoms with Gasteiger partial charge in [-0.2, -0.15) is 0 Å². The molecular formula is C41H55NO7. The van der Waals surface area contributed by atoms with Gasteiger partial charge < -0.3 is 29.5 Å². The minimum absolute atomic E-state index is 0.228. The molecule has 8 nitrogen and oxygen atoms in total. The van der Waals surface area contributed by atoms with Gasteiger partial charge in [-0.25, -0.2) is 4.79 Å². The Kier molecular flexibility index (Phi) is 20.5. The van der Waals surface area contributed by atoms with Crippen LogP contribution in [0.15, 0.2) is 79.4 Å². The Bertz CT molecular complexity index is 1360. The van der Waals surface area contributed by atoms with Gasteiger partial charge in [-0.05, 0) is 130 Å². The van der Waals surface area contributed by atoms with Crippen LogP contribution in [-0.2, 0) is 20.7 Å². The maximum absolute atomic E-state index is 11.6. The topological polar surface area (TPSA) is 114 Å². The molecule has 0 radical (unpaired) electrons. The standard InChI is InChI=1S/C24H28O3.C16H22O4.CH5N/c1-2-3-18-8-10-21(11-9-18)24-13-12-23(14-22(24)16-26)27-17-20-6-4-19(15-25)5-7-20;1-3-16(17)20-13-7-5-4-6-12-19-15-10-8-14(18-2)9-11-15;1-2/h8-16,19-20H,2-7,17H2,1H3;3,8-11H,1,4-7,12-13H2,2H3;2H2,1H3. The molecule has 0 aliphatic heterocycles. The Morgan fingerprint density at radius 1 is 0.816 bits per heavy atom. The number of ether oxygens (including phenoxy) is 4. The predicted molar refractivity (Wildman–Crippen MR) is 196 cm³/mol. The predicted octanol–water partition coefficient (Wildman–Crippen LogP) is 8.44. The molecule has 0 saturated heterocycles. The average Bonchev–Trinajstić information content (AvgIpc) is 3.16. The average molecular weight is 674 g/mol. The summed E-state index contributed by atoms with van der Waals surface area (Å²) in [7, 11) is 3.14.